The number of hydrogen-bond donors (Lipinski definition) is 3. The summed E-state index contributed by atoms with van der Waals surface area (Å²) < 4.78 is 5.53. The summed E-state index contributed by atoms with van der Waals surface area (Å²) in [5, 5.41) is 3.84. The van der Waals surface area contributed by atoms with E-state index in [9.17, 15) is 4.79 Å². The number of carbonyl (C=O) groups is 1. The summed E-state index contributed by atoms with van der Waals surface area (Å²) in [6.45, 7) is -0.0880. The first kappa shape index (κ1) is 17.5. The highest BCUT2D eigenvalue weighted by Gasteiger charge is 2.12. The molecule has 1 aliphatic rings. The minimum absolute atomic E-state index is 0.0880. The van der Waals surface area contributed by atoms with Gasteiger partial charge in [0.15, 0.2) is 11.7 Å². The van der Waals surface area contributed by atoms with E-state index in [2.05, 4.69) is 22.2 Å². The highest BCUT2D eigenvalue weighted by Crippen LogP contribution is 2.25. The molecule has 0 spiro atoms. The van der Waals surface area contributed by atoms with Crippen molar-refractivity contribution < 1.29 is 9.53 Å². The molecule has 0 radical (unpaired) electrons. The summed E-state index contributed by atoms with van der Waals surface area (Å²) in [6, 6.07) is 13.0. The van der Waals surface area contributed by atoms with Crippen molar-refractivity contribution in [2.24, 2.45) is 0 Å². The van der Waals surface area contributed by atoms with Crippen LogP contribution in [0.5, 0.6) is 5.75 Å². The Morgan fingerprint density at radius 3 is 2.64 bits per heavy atom. The molecule has 1 aliphatic carbocycles. The zero-order valence-electron chi connectivity index (χ0n) is 13.5. The van der Waals surface area contributed by atoms with Crippen LogP contribution in [0.2, 0.25) is 5.02 Å². The molecule has 0 aromatic heterocycles. The molecule has 1 amide bonds. The number of nitrogens with one attached hydrogen (secondary N) is 3. The van der Waals surface area contributed by atoms with Crippen LogP contribution in [0.1, 0.15) is 17.5 Å². The van der Waals surface area contributed by atoms with Crippen LogP contribution in [0.4, 0.5) is 5.69 Å². The van der Waals surface area contributed by atoms with Gasteiger partial charge in [-0.05, 0) is 79.0 Å². The zero-order valence-corrected chi connectivity index (χ0v) is 15.0. The van der Waals surface area contributed by atoms with Crippen molar-refractivity contribution in [3.8, 4) is 5.75 Å². The first-order valence-corrected chi connectivity index (χ1v) is 8.75. The number of ether oxygens (including phenoxy) is 1. The van der Waals surface area contributed by atoms with Crippen molar-refractivity contribution in [2.45, 2.75) is 19.3 Å². The Balaban J connectivity index is 1.40. The van der Waals surface area contributed by atoms with E-state index in [4.69, 9.17) is 28.6 Å². The third-order valence-electron chi connectivity index (χ3n) is 3.86. The normalized spacial score (nSPS) is 12.2. The number of fused-ring (bicyclic) bond motifs is 1. The van der Waals surface area contributed by atoms with Gasteiger partial charge in [-0.25, -0.2) is 0 Å². The predicted octanol–water partition coefficient (Wildman–Crippen LogP) is 3.23. The van der Waals surface area contributed by atoms with E-state index in [0.717, 1.165) is 18.5 Å². The van der Waals surface area contributed by atoms with Gasteiger partial charge in [0.25, 0.3) is 5.91 Å². The molecule has 3 rings (SSSR count). The quantitative estimate of drug-likeness (QED) is 0.565. The highest BCUT2D eigenvalue weighted by atomic mass is 35.5. The van der Waals surface area contributed by atoms with E-state index in [0.29, 0.717) is 10.8 Å². The van der Waals surface area contributed by atoms with Crippen LogP contribution in [0.3, 0.4) is 0 Å². The smallest absolute Gasteiger partial charge is 0.276 e. The lowest BCUT2D eigenvalue weighted by molar-refractivity contribution is -0.123. The molecule has 0 saturated heterocycles. The van der Waals surface area contributed by atoms with E-state index in [1.807, 2.05) is 12.1 Å². The molecule has 0 saturated carbocycles. The van der Waals surface area contributed by atoms with Crippen LogP contribution < -0.4 is 20.9 Å². The van der Waals surface area contributed by atoms with Gasteiger partial charge in [-0.3, -0.25) is 15.6 Å². The van der Waals surface area contributed by atoms with Gasteiger partial charge in [0.1, 0.15) is 5.75 Å². The highest BCUT2D eigenvalue weighted by molar-refractivity contribution is 7.80. The predicted molar refractivity (Wildman–Crippen MR) is 103 cm³/mol. The summed E-state index contributed by atoms with van der Waals surface area (Å²) in [4.78, 5) is 11.8. The molecule has 0 bridgehead atoms. The summed E-state index contributed by atoms with van der Waals surface area (Å²) in [5.74, 6) is 0.387. The van der Waals surface area contributed by atoms with E-state index in [1.165, 1.54) is 17.5 Å². The number of carbonyl (C=O) groups excluding carboxylic acids is 1. The number of amides is 1. The molecule has 130 valence electrons. The third-order valence-corrected chi connectivity index (χ3v) is 4.31. The van der Waals surface area contributed by atoms with Gasteiger partial charge < -0.3 is 10.1 Å². The van der Waals surface area contributed by atoms with Crippen molar-refractivity contribution in [3.05, 3.63) is 58.6 Å². The van der Waals surface area contributed by atoms with Crippen LogP contribution in [0, 0.1) is 0 Å². The Labute approximate surface area is 156 Å². The number of hydrazine groups is 1. The fourth-order valence-corrected chi connectivity index (χ4v) is 2.94. The molecule has 3 N–H and O–H groups in total. The lowest BCUT2D eigenvalue weighted by atomic mass is 10.1. The third kappa shape index (κ3) is 5.08. The molecule has 0 aliphatic heterocycles. The van der Waals surface area contributed by atoms with E-state index in [-0.39, 0.29) is 17.6 Å². The monoisotopic (exact) mass is 375 g/mol. The first-order chi connectivity index (χ1) is 12.1. The molecule has 5 nitrogen and oxygen atoms in total. The molecule has 0 fully saturated rings. The molecular formula is C18H18ClN3O2S. The minimum atomic E-state index is -0.319. The van der Waals surface area contributed by atoms with Crippen molar-refractivity contribution in [1.29, 1.82) is 0 Å². The number of hydrogen-bond acceptors (Lipinski definition) is 3. The maximum absolute atomic E-state index is 11.8. The van der Waals surface area contributed by atoms with E-state index >= 15 is 0 Å². The van der Waals surface area contributed by atoms with Crippen molar-refractivity contribution >= 4 is 40.5 Å². The van der Waals surface area contributed by atoms with Gasteiger partial charge in [0, 0.05) is 10.7 Å². The van der Waals surface area contributed by atoms with Crippen molar-refractivity contribution in [2.75, 3.05) is 11.9 Å². The molecule has 2 aromatic carbocycles. The Hall–Kier alpha value is -2.31. The second-order valence-electron chi connectivity index (χ2n) is 5.71. The average Bonchev–Trinajstić information content (AvgIpc) is 3.08. The summed E-state index contributed by atoms with van der Waals surface area (Å²) >= 11 is 10.9. The molecule has 0 atom stereocenters. The van der Waals surface area contributed by atoms with Gasteiger partial charge in [0.05, 0.1) is 0 Å². The van der Waals surface area contributed by atoms with E-state index in [1.54, 1.807) is 24.3 Å². The first-order valence-electron chi connectivity index (χ1n) is 7.96. The van der Waals surface area contributed by atoms with Crippen LogP contribution >= 0.6 is 23.8 Å². The summed E-state index contributed by atoms with van der Waals surface area (Å²) in [6.07, 6.45) is 3.38. The zero-order chi connectivity index (χ0) is 17.6. The SMILES string of the molecule is O=C(COc1ccc2c(c1)CCC2)NNC(=S)Nc1ccc(Cl)cc1. The number of benzene rings is 2. The van der Waals surface area contributed by atoms with Gasteiger partial charge in [-0.2, -0.15) is 0 Å². The van der Waals surface area contributed by atoms with Crippen LogP contribution in [-0.2, 0) is 17.6 Å². The number of thiocarbonyl (C=S) groups is 1. The second kappa shape index (κ2) is 8.18. The molecule has 25 heavy (non-hydrogen) atoms. The summed E-state index contributed by atoms with van der Waals surface area (Å²) in [7, 11) is 0. The fourth-order valence-electron chi connectivity index (χ4n) is 2.64. The number of aryl methyl sites for hydroxylation is 2. The van der Waals surface area contributed by atoms with Crippen molar-refractivity contribution in [3.63, 3.8) is 0 Å². The molecule has 7 heteroatoms. The Kier molecular flexibility index (Phi) is 5.73. The minimum Gasteiger partial charge on any atom is -0.484 e. The molecule has 2 aromatic rings. The topological polar surface area (TPSA) is 62.4 Å². The lowest BCUT2D eigenvalue weighted by Crippen LogP contribution is -2.45. The van der Waals surface area contributed by atoms with Crippen LogP contribution in [0.25, 0.3) is 0 Å². The largest absolute Gasteiger partial charge is 0.484 e. The number of rotatable bonds is 4. The van der Waals surface area contributed by atoms with Crippen LogP contribution in [-0.4, -0.2) is 17.6 Å². The number of halogens is 1. The second-order valence-corrected chi connectivity index (χ2v) is 6.55. The van der Waals surface area contributed by atoms with E-state index < -0.39 is 0 Å². The van der Waals surface area contributed by atoms with Crippen molar-refractivity contribution in [1.82, 2.24) is 10.9 Å². The number of anilines is 1. The lowest BCUT2D eigenvalue weighted by Gasteiger charge is -2.12. The van der Waals surface area contributed by atoms with Gasteiger partial charge in [-0.15, -0.1) is 0 Å². The molecular weight excluding hydrogens is 358 g/mol. The Morgan fingerprint density at radius 1 is 1.08 bits per heavy atom. The fraction of sp³-hybridized carbons (Fsp3) is 0.222. The Bertz CT molecular complexity index is 780. The molecule has 0 unspecified atom stereocenters. The Morgan fingerprint density at radius 2 is 1.84 bits per heavy atom. The maximum Gasteiger partial charge on any atom is 0.276 e. The van der Waals surface area contributed by atoms with Gasteiger partial charge >= 0.3 is 0 Å². The summed E-state index contributed by atoms with van der Waals surface area (Å²) in [5.41, 5.74) is 8.58. The standard InChI is InChI=1S/C18H18ClN3O2S/c19-14-5-7-15(8-6-14)20-18(25)22-21-17(23)11-24-16-9-4-12-2-1-3-13(12)10-16/h4-10H,1-3,11H2,(H,21,23)(H2,20,22,25). The van der Waals surface area contributed by atoms with Gasteiger partial charge in [-0.1, -0.05) is 17.7 Å². The van der Waals surface area contributed by atoms with Gasteiger partial charge in [0.2, 0.25) is 0 Å². The maximum atomic E-state index is 11.8. The molecule has 0 heterocycles. The van der Waals surface area contributed by atoms with Crippen LogP contribution in [0.15, 0.2) is 42.5 Å². The average molecular weight is 376 g/mol.